The van der Waals surface area contributed by atoms with Crippen LogP contribution in [0.3, 0.4) is 0 Å². The van der Waals surface area contributed by atoms with E-state index in [1.807, 2.05) is 24.3 Å². The van der Waals surface area contributed by atoms with Crippen LogP contribution in [-0.2, 0) is 15.3 Å². The molecule has 3 nitrogen and oxygen atoms in total. The van der Waals surface area contributed by atoms with Gasteiger partial charge in [-0.25, -0.2) is 0 Å². The predicted molar refractivity (Wildman–Crippen MR) is 61.9 cm³/mol. The van der Waals surface area contributed by atoms with Gasteiger partial charge >= 0.3 is 0 Å². The van der Waals surface area contributed by atoms with Crippen LogP contribution in [0.25, 0.3) is 0 Å². The fourth-order valence-electron chi connectivity index (χ4n) is 1.97. The third kappa shape index (κ3) is 2.03. The molecule has 0 amide bonds. The number of rotatable bonds is 4. The highest BCUT2D eigenvalue weighted by atomic mass is 35.5. The first kappa shape index (κ1) is 11.7. The lowest BCUT2D eigenvalue weighted by Crippen LogP contribution is -2.28. The van der Waals surface area contributed by atoms with Crippen molar-refractivity contribution in [2.75, 3.05) is 26.2 Å². The van der Waals surface area contributed by atoms with E-state index in [9.17, 15) is 0 Å². The summed E-state index contributed by atoms with van der Waals surface area (Å²) in [6.45, 7) is 1.18. The lowest BCUT2D eigenvalue weighted by molar-refractivity contribution is -0.167. The van der Waals surface area contributed by atoms with Crippen molar-refractivity contribution in [2.24, 2.45) is 0 Å². The highest BCUT2D eigenvalue weighted by Crippen LogP contribution is 2.39. The number of para-hydroxylation sites is 1. The molecule has 0 radical (unpaired) electrons. The molecule has 0 N–H and O–H groups in total. The fourth-order valence-corrected chi connectivity index (χ4v) is 2.22. The van der Waals surface area contributed by atoms with Crippen molar-refractivity contribution in [1.82, 2.24) is 0 Å². The molecule has 16 heavy (non-hydrogen) atoms. The van der Waals surface area contributed by atoms with E-state index in [4.69, 9.17) is 25.8 Å². The number of halogens is 1. The summed E-state index contributed by atoms with van der Waals surface area (Å²) >= 11 is 5.82. The van der Waals surface area contributed by atoms with Crippen molar-refractivity contribution >= 4 is 11.6 Å². The number of benzene rings is 1. The summed E-state index contributed by atoms with van der Waals surface area (Å²) in [7, 11) is 1.64. The van der Waals surface area contributed by atoms with E-state index in [0.29, 0.717) is 25.5 Å². The van der Waals surface area contributed by atoms with Crippen LogP contribution in [-0.4, -0.2) is 26.2 Å². The van der Waals surface area contributed by atoms with Crippen molar-refractivity contribution in [2.45, 2.75) is 12.2 Å². The van der Waals surface area contributed by atoms with Crippen LogP contribution in [0.5, 0.6) is 5.75 Å². The van der Waals surface area contributed by atoms with Crippen LogP contribution in [0.15, 0.2) is 24.3 Å². The number of hydrogen-bond donors (Lipinski definition) is 0. The molecule has 1 saturated heterocycles. The maximum atomic E-state index is 5.82. The van der Waals surface area contributed by atoms with Gasteiger partial charge in [-0.1, -0.05) is 12.1 Å². The molecule has 1 aromatic carbocycles. The second-order valence-electron chi connectivity index (χ2n) is 3.59. The van der Waals surface area contributed by atoms with Gasteiger partial charge in [0.1, 0.15) is 5.75 Å². The van der Waals surface area contributed by atoms with E-state index in [-0.39, 0.29) is 0 Å². The Balaban J connectivity index is 2.38. The van der Waals surface area contributed by atoms with Crippen LogP contribution >= 0.6 is 11.6 Å². The first-order valence-electron chi connectivity index (χ1n) is 5.30. The molecule has 1 fully saturated rings. The van der Waals surface area contributed by atoms with Crippen LogP contribution in [0.4, 0.5) is 0 Å². The summed E-state index contributed by atoms with van der Waals surface area (Å²) < 4.78 is 16.8. The monoisotopic (exact) mass is 242 g/mol. The number of ether oxygens (including phenoxy) is 3. The lowest BCUT2D eigenvalue weighted by Gasteiger charge is -2.28. The average molecular weight is 243 g/mol. The fraction of sp³-hybridized carbons (Fsp3) is 0.500. The van der Waals surface area contributed by atoms with Crippen molar-refractivity contribution < 1.29 is 14.2 Å². The second kappa shape index (κ2) is 5.04. The summed E-state index contributed by atoms with van der Waals surface area (Å²) in [4.78, 5) is 0. The van der Waals surface area contributed by atoms with Crippen LogP contribution in [0, 0.1) is 0 Å². The van der Waals surface area contributed by atoms with Gasteiger partial charge in [0, 0.05) is 12.3 Å². The molecule has 0 unspecified atom stereocenters. The number of methoxy groups -OCH3 is 1. The van der Waals surface area contributed by atoms with Crippen molar-refractivity contribution in [3.8, 4) is 5.75 Å². The normalized spacial score (nSPS) is 18.6. The van der Waals surface area contributed by atoms with E-state index in [1.165, 1.54) is 0 Å². The molecule has 1 aliphatic rings. The average Bonchev–Trinajstić information content (AvgIpc) is 2.79. The summed E-state index contributed by atoms with van der Waals surface area (Å²) in [6.07, 6.45) is 0.620. The van der Waals surface area contributed by atoms with Gasteiger partial charge in [-0.3, -0.25) is 0 Å². The minimum atomic E-state index is -0.728. The standard InChI is InChI=1S/C12H15ClO3/c1-14-11-5-3-2-4-10(11)12(6-7-13)15-8-9-16-12/h2-5H,6-9H2,1H3. The van der Waals surface area contributed by atoms with Crippen LogP contribution < -0.4 is 4.74 Å². The molecule has 0 atom stereocenters. The van der Waals surface area contributed by atoms with Crippen molar-refractivity contribution in [1.29, 1.82) is 0 Å². The molecule has 1 aromatic rings. The molecule has 1 heterocycles. The van der Waals surface area contributed by atoms with E-state index < -0.39 is 5.79 Å². The highest BCUT2D eigenvalue weighted by Gasteiger charge is 2.40. The zero-order valence-corrected chi connectivity index (χ0v) is 10.00. The van der Waals surface area contributed by atoms with Gasteiger partial charge in [-0.05, 0) is 12.1 Å². The van der Waals surface area contributed by atoms with Gasteiger partial charge in [-0.15, -0.1) is 11.6 Å². The number of hydrogen-bond acceptors (Lipinski definition) is 3. The molecule has 0 aliphatic carbocycles. The van der Waals surface area contributed by atoms with Gasteiger partial charge in [0.05, 0.1) is 25.9 Å². The molecule has 0 aromatic heterocycles. The summed E-state index contributed by atoms with van der Waals surface area (Å²) in [6, 6.07) is 7.72. The molecule has 0 spiro atoms. The Morgan fingerprint density at radius 2 is 2.00 bits per heavy atom. The van der Waals surface area contributed by atoms with E-state index in [2.05, 4.69) is 0 Å². The molecule has 4 heteroatoms. The Morgan fingerprint density at radius 1 is 1.31 bits per heavy atom. The van der Waals surface area contributed by atoms with Gasteiger partial charge in [-0.2, -0.15) is 0 Å². The Morgan fingerprint density at radius 3 is 2.62 bits per heavy atom. The highest BCUT2D eigenvalue weighted by molar-refractivity contribution is 6.17. The minimum absolute atomic E-state index is 0.484. The van der Waals surface area contributed by atoms with Crippen molar-refractivity contribution in [3.63, 3.8) is 0 Å². The van der Waals surface area contributed by atoms with Crippen LogP contribution in [0.1, 0.15) is 12.0 Å². The predicted octanol–water partition coefficient (Wildman–Crippen LogP) is 2.52. The summed E-state index contributed by atoms with van der Waals surface area (Å²) in [5, 5.41) is 0. The third-order valence-corrected chi connectivity index (χ3v) is 2.88. The zero-order chi connectivity index (χ0) is 11.4. The first-order valence-corrected chi connectivity index (χ1v) is 5.83. The molecule has 0 saturated carbocycles. The maximum Gasteiger partial charge on any atom is 0.199 e. The van der Waals surface area contributed by atoms with Crippen LogP contribution in [0.2, 0.25) is 0 Å². The molecule has 1 aliphatic heterocycles. The third-order valence-electron chi connectivity index (χ3n) is 2.69. The van der Waals surface area contributed by atoms with E-state index in [1.54, 1.807) is 7.11 Å². The summed E-state index contributed by atoms with van der Waals surface area (Å²) in [5.41, 5.74) is 0.913. The molecule has 0 bridgehead atoms. The van der Waals surface area contributed by atoms with Gasteiger partial charge in [0.25, 0.3) is 0 Å². The molecular weight excluding hydrogens is 228 g/mol. The van der Waals surface area contributed by atoms with E-state index >= 15 is 0 Å². The molecule has 88 valence electrons. The molecule has 2 rings (SSSR count). The minimum Gasteiger partial charge on any atom is -0.496 e. The zero-order valence-electron chi connectivity index (χ0n) is 9.24. The number of alkyl halides is 1. The lowest BCUT2D eigenvalue weighted by atomic mass is 10.0. The Hall–Kier alpha value is -0.770. The van der Waals surface area contributed by atoms with Gasteiger partial charge in [0.2, 0.25) is 0 Å². The largest absolute Gasteiger partial charge is 0.496 e. The van der Waals surface area contributed by atoms with Gasteiger partial charge < -0.3 is 14.2 Å². The maximum absolute atomic E-state index is 5.82. The molecular formula is C12H15ClO3. The van der Waals surface area contributed by atoms with E-state index in [0.717, 1.165) is 11.3 Å². The topological polar surface area (TPSA) is 27.7 Å². The Kier molecular flexibility index (Phi) is 3.69. The summed E-state index contributed by atoms with van der Waals surface area (Å²) in [5.74, 6) is 0.529. The SMILES string of the molecule is COc1ccccc1C1(CCCl)OCCO1. The quantitative estimate of drug-likeness (QED) is 0.760. The first-order chi connectivity index (χ1) is 7.82. The van der Waals surface area contributed by atoms with Gasteiger partial charge in [0.15, 0.2) is 5.79 Å². The van der Waals surface area contributed by atoms with Crippen molar-refractivity contribution in [3.05, 3.63) is 29.8 Å². The smallest absolute Gasteiger partial charge is 0.199 e. The second-order valence-corrected chi connectivity index (χ2v) is 3.97. The Bertz CT molecular complexity index is 348. The Labute approximate surface area is 100 Å².